The lowest BCUT2D eigenvalue weighted by atomic mass is 10.3. The van der Waals surface area contributed by atoms with Crippen molar-refractivity contribution >= 4 is 16.9 Å². The molecule has 2 aromatic rings. The second-order valence-corrected chi connectivity index (χ2v) is 4.75. The van der Waals surface area contributed by atoms with E-state index in [2.05, 4.69) is 27.9 Å². The van der Waals surface area contributed by atoms with Crippen LogP contribution >= 0.6 is 0 Å². The first-order valence-electron chi connectivity index (χ1n) is 6.91. The third kappa shape index (κ3) is 2.78. The first-order chi connectivity index (χ1) is 9.17. The number of fused-ring (bicyclic) bond motifs is 1. The topological polar surface area (TPSA) is 46.9 Å². The Balaban J connectivity index is 2.40. The Kier molecular flexibility index (Phi) is 4.20. The number of rotatable bonds is 5. The summed E-state index contributed by atoms with van der Waals surface area (Å²) in [5, 5.41) is 2.98. The van der Waals surface area contributed by atoms with Gasteiger partial charge in [-0.25, -0.2) is 4.98 Å². The molecule has 1 aromatic carbocycles. The van der Waals surface area contributed by atoms with Gasteiger partial charge in [0.25, 0.3) is 0 Å². The van der Waals surface area contributed by atoms with E-state index in [0.29, 0.717) is 6.42 Å². The van der Waals surface area contributed by atoms with Crippen molar-refractivity contribution in [3.8, 4) is 0 Å². The average Bonchev–Trinajstić information content (AvgIpc) is 2.78. The third-order valence-corrected chi connectivity index (χ3v) is 3.22. The molecule has 0 aliphatic carbocycles. The molecular weight excluding hydrogens is 238 g/mol. The summed E-state index contributed by atoms with van der Waals surface area (Å²) in [6, 6.07) is 8.04. The van der Waals surface area contributed by atoms with Crippen molar-refractivity contribution in [1.29, 1.82) is 0 Å². The standard InChI is InChI=1S/C15H21N3O/c1-4-10-18-13-9-7-6-8-12(13)17-15(18)11(3)16-14(19)5-2/h6-9,11H,4-5,10H2,1-3H3,(H,16,19)/t11-/m1/s1. The van der Waals surface area contributed by atoms with Crippen LogP contribution in [0.3, 0.4) is 0 Å². The van der Waals surface area contributed by atoms with Gasteiger partial charge in [-0.1, -0.05) is 26.0 Å². The van der Waals surface area contributed by atoms with E-state index in [9.17, 15) is 4.79 Å². The fourth-order valence-electron chi connectivity index (χ4n) is 2.29. The number of para-hydroxylation sites is 2. The maximum Gasteiger partial charge on any atom is 0.220 e. The first-order valence-corrected chi connectivity index (χ1v) is 6.91. The fraction of sp³-hybridized carbons (Fsp3) is 0.467. The van der Waals surface area contributed by atoms with Crippen molar-refractivity contribution in [3.05, 3.63) is 30.1 Å². The normalized spacial score (nSPS) is 12.6. The number of benzene rings is 1. The van der Waals surface area contributed by atoms with Crippen LogP contribution in [0.1, 0.15) is 45.5 Å². The number of carbonyl (C=O) groups excluding carboxylic acids is 1. The molecule has 4 nitrogen and oxygen atoms in total. The number of hydrogen-bond donors (Lipinski definition) is 1. The molecule has 0 unspecified atom stereocenters. The molecule has 1 amide bonds. The molecule has 0 saturated carbocycles. The molecule has 2 rings (SSSR count). The van der Waals surface area contributed by atoms with Gasteiger partial charge >= 0.3 is 0 Å². The molecular formula is C15H21N3O. The van der Waals surface area contributed by atoms with Gasteiger partial charge in [0.1, 0.15) is 5.82 Å². The number of nitrogens with one attached hydrogen (secondary N) is 1. The second kappa shape index (κ2) is 5.87. The van der Waals surface area contributed by atoms with E-state index >= 15 is 0 Å². The molecule has 0 bridgehead atoms. The molecule has 1 heterocycles. The predicted octanol–water partition coefficient (Wildman–Crippen LogP) is 3.03. The zero-order chi connectivity index (χ0) is 13.8. The highest BCUT2D eigenvalue weighted by atomic mass is 16.1. The average molecular weight is 259 g/mol. The minimum atomic E-state index is -0.0635. The first kappa shape index (κ1) is 13.6. The smallest absolute Gasteiger partial charge is 0.220 e. The zero-order valence-corrected chi connectivity index (χ0v) is 11.8. The minimum absolute atomic E-state index is 0.0580. The summed E-state index contributed by atoms with van der Waals surface area (Å²) in [5.41, 5.74) is 2.13. The van der Waals surface area contributed by atoms with E-state index < -0.39 is 0 Å². The summed E-state index contributed by atoms with van der Waals surface area (Å²) in [4.78, 5) is 16.2. The van der Waals surface area contributed by atoms with E-state index in [0.717, 1.165) is 29.8 Å². The fourth-order valence-corrected chi connectivity index (χ4v) is 2.29. The van der Waals surface area contributed by atoms with Crippen molar-refractivity contribution in [1.82, 2.24) is 14.9 Å². The van der Waals surface area contributed by atoms with Crippen LogP contribution in [0.15, 0.2) is 24.3 Å². The van der Waals surface area contributed by atoms with Gasteiger partial charge in [0, 0.05) is 13.0 Å². The lowest BCUT2D eigenvalue weighted by molar-refractivity contribution is -0.121. The van der Waals surface area contributed by atoms with Crippen molar-refractivity contribution in [2.75, 3.05) is 0 Å². The van der Waals surface area contributed by atoms with E-state index in [4.69, 9.17) is 0 Å². The Labute approximate surface area is 113 Å². The maximum absolute atomic E-state index is 11.5. The molecule has 1 aromatic heterocycles. The Morgan fingerprint density at radius 1 is 1.37 bits per heavy atom. The summed E-state index contributed by atoms with van der Waals surface area (Å²) in [5.74, 6) is 0.993. The molecule has 1 atom stereocenters. The summed E-state index contributed by atoms with van der Waals surface area (Å²) in [7, 11) is 0. The van der Waals surface area contributed by atoms with Crippen LogP contribution in [-0.4, -0.2) is 15.5 Å². The lowest BCUT2D eigenvalue weighted by Crippen LogP contribution is -2.27. The number of nitrogens with zero attached hydrogens (tertiary/aromatic N) is 2. The highest BCUT2D eigenvalue weighted by Crippen LogP contribution is 2.21. The van der Waals surface area contributed by atoms with Gasteiger partial charge in [0.15, 0.2) is 0 Å². The maximum atomic E-state index is 11.5. The quantitative estimate of drug-likeness (QED) is 0.897. The van der Waals surface area contributed by atoms with Crippen LogP contribution in [0.4, 0.5) is 0 Å². The molecule has 0 aliphatic heterocycles. The van der Waals surface area contributed by atoms with Gasteiger partial charge in [0.2, 0.25) is 5.91 Å². The van der Waals surface area contributed by atoms with Gasteiger partial charge in [-0.3, -0.25) is 4.79 Å². The van der Waals surface area contributed by atoms with Crippen LogP contribution in [0.25, 0.3) is 11.0 Å². The molecule has 0 saturated heterocycles. The van der Waals surface area contributed by atoms with Gasteiger partial charge in [-0.2, -0.15) is 0 Å². The molecule has 0 aliphatic rings. The Hall–Kier alpha value is -1.84. The van der Waals surface area contributed by atoms with Crippen LogP contribution in [0.5, 0.6) is 0 Å². The van der Waals surface area contributed by atoms with Crippen LogP contribution in [0.2, 0.25) is 0 Å². The molecule has 0 radical (unpaired) electrons. The summed E-state index contributed by atoms with van der Waals surface area (Å²) in [6.07, 6.45) is 1.54. The van der Waals surface area contributed by atoms with Crippen LogP contribution in [0, 0.1) is 0 Å². The van der Waals surface area contributed by atoms with Crippen molar-refractivity contribution in [3.63, 3.8) is 0 Å². The van der Waals surface area contributed by atoms with Crippen LogP contribution in [-0.2, 0) is 11.3 Å². The van der Waals surface area contributed by atoms with Crippen molar-refractivity contribution in [2.24, 2.45) is 0 Å². The van der Waals surface area contributed by atoms with Gasteiger partial charge in [-0.05, 0) is 25.5 Å². The van der Waals surface area contributed by atoms with Crippen LogP contribution < -0.4 is 5.32 Å². The molecule has 0 fully saturated rings. The summed E-state index contributed by atoms with van der Waals surface area (Å²) in [6.45, 7) is 6.91. The Morgan fingerprint density at radius 3 is 2.79 bits per heavy atom. The largest absolute Gasteiger partial charge is 0.346 e. The number of aryl methyl sites for hydroxylation is 1. The number of amides is 1. The Morgan fingerprint density at radius 2 is 2.11 bits per heavy atom. The third-order valence-electron chi connectivity index (χ3n) is 3.22. The number of carbonyl (C=O) groups is 1. The number of imidazole rings is 1. The molecule has 1 N–H and O–H groups in total. The minimum Gasteiger partial charge on any atom is -0.346 e. The molecule has 0 spiro atoms. The lowest BCUT2D eigenvalue weighted by Gasteiger charge is -2.15. The SMILES string of the molecule is CCCn1c([C@@H](C)NC(=O)CC)nc2ccccc21. The van der Waals surface area contributed by atoms with Crippen molar-refractivity contribution in [2.45, 2.75) is 46.2 Å². The zero-order valence-electron chi connectivity index (χ0n) is 11.8. The monoisotopic (exact) mass is 259 g/mol. The summed E-state index contributed by atoms with van der Waals surface area (Å²) < 4.78 is 2.20. The van der Waals surface area contributed by atoms with E-state index in [-0.39, 0.29) is 11.9 Å². The highest BCUT2D eigenvalue weighted by molar-refractivity contribution is 5.77. The number of hydrogen-bond acceptors (Lipinski definition) is 2. The van der Waals surface area contributed by atoms with Gasteiger partial charge in [-0.15, -0.1) is 0 Å². The number of aromatic nitrogens is 2. The molecule has 19 heavy (non-hydrogen) atoms. The summed E-state index contributed by atoms with van der Waals surface area (Å²) >= 11 is 0. The van der Waals surface area contributed by atoms with E-state index in [1.807, 2.05) is 32.0 Å². The van der Waals surface area contributed by atoms with E-state index in [1.54, 1.807) is 0 Å². The highest BCUT2D eigenvalue weighted by Gasteiger charge is 2.17. The molecule has 4 heteroatoms. The Bertz CT molecular complexity index is 574. The van der Waals surface area contributed by atoms with E-state index in [1.165, 1.54) is 0 Å². The molecule has 102 valence electrons. The van der Waals surface area contributed by atoms with Crippen molar-refractivity contribution < 1.29 is 4.79 Å². The second-order valence-electron chi connectivity index (χ2n) is 4.75. The van der Waals surface area contributed by atoms with Gasteiger partial charge in [0.05, 0.1) is 17.1 Å². The predicted molar refractivity (Wildman–Crippen MR) is 76.9 cm³/mol. The van der Waals surface area contributed by atoms with Gasteiger partial charge < -0.3 is 9.88 Å².